The van der Waals surface area contributed by atoms with Crippen LogP contribution in [0.3, 0.4) is 0 Å². The molecule has 7 heteroatoms. The summed E-state index contributed by atoms with van der Waals surface area (Å²) in [4.78, 5) is 0. The minimum Gasteiger partial charge on any atom is -0.507 e. The molecular formula is C21H30N4O3. The van der Waals surface area contributed by atoms with Gasteiger partial charge in [-0.15, -0.1) is 10.2 Å². The molecule has 1 fully saturated rings. The highest BCUT2D eigenvalue weighted by Crippen LogP contribution is 2.38. The molecular weight excluding hydrogens is 356 g/mol. The number of methoxy groups -OCH3 is 2. The number of hydrogen-bond donors (Lipinski definition) is 3. The van der Waals surface area contributed by atoms with E-state index in [0.29, 0.717) is 28.8 Å². The van der Waals surface area contributed by atoms with Crippen molar-refractivity contribution in [1.29, 1.82) is 0 Å². The number of rotatable bonds is 5. The maximum absolute atomic E-state index is 10.3. The number of phenolic OH excluding ortho intramolecular Hbond substituents is 1. The predicted octanol–water partition coefficient (Wildman–Crippen LogP) is 3.59. The highest BCUT2D eigenvalue weighted by Gasteiger charge is 2.37. The van der Waals surface area contributed by atoms with Gasteiger partial charge in [0.1, 0.15) is 11.6 Å². The van der Waals surface area contributed by atoms with E-state index in [1.807, 2.05) is 12.1 Å². The Kier molecular flexibility index (Phi) is 5.39. The highest BCUT2D eigenvalue weighted by molar-refractivity contribution is 5.71. The summed E-state index contributed by atoms with van der Waals surface area (Å²) >= 11 is 0. The van der Waals surface area contributed by atoms with Gasteiger partial charge in [0.05, 0.1) is 19.9 Å². The van der Waals surface area contributed by atoms with Crippen LogP contribution in [0.4, 0.5) is 5.82 Å². The minimum atomic E-state index is 0.0538. The van der Waals surface area contributed by atoms with Crippen LogP contribution in [0.2, 0.25) is 0 Å². The molecule has 1 aliphatic rings. The first kappa shape index (κ1) is 20.2. The fourth-order valence-corrected chi connectivity index (χ4v) is 4.26. The number of nitrogens with one attached hydrogen (secondary N) is 2. The molecule has 0 bridgehead atoms. The van der Waals surface area contributed by atoms with Crippen LogP contribution in [-0.4, -0.2) is 46.6 Å². The molecule has 7 nitrogen and oxygen atoms in total. The Morgan fingerprint density at radius 3 is 2.14 bits per heavy atom. The number of aromatic nitrogens is 2. The van der Waals surface area contributed by atoms with Gasteiger partial charge in [-0.1, -0.05) is 0 Å². The lowest BCUT2D eigenvalue weighted by Gasteiger charge is -2.46. The van der Waals surface area contributed by atoms with E-state index in [9.17, 15) is 5.11 Å². The Morgan fingerprint density at radius 1 is 1.00 bits per heavy atom. The first-order valence-corrected chi connectivity index (χ1v) is 9.47. The zero-order valence-electron chi connectivity index (χ0n) is 17.5. The van der Waals surface area contributed by atoms with E-state index in [1.54, 1.807) is 13.2 Å². The molecule has 1 saturated heterocycles. The summed E-state index contributed by atoms with van der Waals surface area (Å²) < 4.78 is 10.5. The average molecular weight is 386 g/mol. The van der Waals surface area contributed by atoms with E-state index in [-0.39, 0.29) is 16.8 Å². The van der Waals surface area contributed by atoms with Crippen molar-refractivity contribution in [3.05, 3.63) is 24.3 Å². The predicted molar refractivity (Wildman–Crippen MR) is 110 cm³/mol. The van der Waals surface area contributed by atoms with Gasteiger partial charge in [0.2, 0.25) is 0 Å². The molecule has 2 heterocycles. The quantitative estimate of drug-likeness (QED) is 0.724. The Bertz CT molecular complexity index is 818. The second-order valence-electron chi connectivity index (χ2n) is 8.67. The summed E-state index contributed by atoms with van der Waals surface area (Å²) in [5.41, 5.74) is 1.21. The van der Waals surface area contributed by atoms with E-state index in [2.05, 4.69) is 48.5 Å². The summed E-state index contributed by atoms with van der Waals surface area (Å²) in [6.45, 7) is 8.88. The fraction of sp³-hybridized carbons (Fsp3) is 0.524. The van der Waals surface area contributed by atoms with Crippen LogP contribution in [0.15, 0.2) is 24.3 Å². The highest BCUT2D eigenvalue weighted by atomic mass is 16.5. The summed E-state index contributed by atoms with van der Waals surface area (Å²) in [5.74, 6) is 1.78. The number of piperidine rings is 1. The van der Waals surface area contributed by atoms with Gasteiger partial charge in [0.25, 0.3) is 0 Å². The average Bonchev–Trinajstić information content (AvgIpc) is 2.59. The molecule has 0 radical (unpaired) electrons. The van der Waals surface area contributed by atoms with Gasteiger partial charge in [-0.3, -0.25) is 0 Å². The van der Waals surface area contributed by atoms with Gasteiger partial charge in [-0.05, 0) is 58.7 Å². The zero-order chi connectivity index (χ0) is 20.5. The number of anilines is 1. The molecule has 0 saturated carbocycles. The van der Waals surface area contributed by atoms with Gasteiger partial charge < -0.3 is 25.2 Å². The monoisotopic (exact) mass is 386 g/mol. The van der Waals surface area contributed by atoms with Crippen molar-refractivity contribution in [2.45, 2.75) is 57.7 Å². The molecule has 152 valence electrons. The number of phenols is 1. The third-order valence-corrected chi connectivity index (χ3v) is 4.98. The van der Waals surface area contributed by atoms with Crippen molar-refractivity contribution in [2.24, 2.45) is 0 Å². The van der Waals surface area contributed by atoms with Gasteiger partial charge in [0.15, 0.2) is 11.5 Å². The number of ether oxygens (including phenoxy) is 2. The Labute approximate surface area is 166 Å². The molecule has 2 aromatic rings. The summed E-state index contributed by atoms with van der Waals surface area (Å²) in [5, 5.41) is 26.1. The largest absolute Gasteiger partial charge is 0.507 e. The van der Waals surface area contributed by atoms with Crippen LogP contribution in [0.1, 0.15) is 40.5 Å². The topological polar surface area (TPSA) is 88.5 Å². The SMILES string of the molecule is COc1cc(O)c(-c2ccc(NC3CC(C)(C)NC(C)(C)C3)nn2)cc1OC. The Morgan fingerprint density at radius 2 is 1.61 bits per heavy atom. The molecule has 3 N–H and O–H groups in total. The number of nitrogens with zero attached hydrogens (tertiary/aromatic N) is 2. The van der Waals surface area contributed by atoms with Gasteiger partial charge in [-0.25, -0.2) is 0 Å². The third kappa shape index (κ3) is 4.47. The smallest absolute Gasteiger partial charge is 0.164 e. The van der Waals surface area contributed by atoms with E-state index < -0.39 is 0 Å². The van der Waals surface area contributed by atoms with Crippen LogP contribution >= 0.6 is 0 Å². The second kappa shape index (κ2) is 7.47. The molecule has 0 atom stereocenters. The minimum absolute atomic E-state index is 0.0538. The lowest BCUT2D eigenvalue weighted by atomic mass is 9.79. The number of hydrogen-bond acceptors (Lipinski definition) is 7. The first-order chi connectivity index (χ1) is 13.1. The van der Waals surface area contributed by atoms with Gasteiger partial charge in [0, 0.05) is 28.7 Å². The first-order valence-electron chi connectivity index (χ1n) is 9.47. The van der Waals surface area contributed by atoms with Crippen LogP contribution in [0.25, 0.3) is 11.3 Å². The van der Waals surface area contributed by atoms with Crippen molar-refractivity contribution in [3.63, 3.8) is 0 Å². The van der Waals surface area contributed by atoms with Crippen molar-refractivity contribution in [2.75, 3.05) is 19.5 Å². The number of benzene rings is 1. The van der Waals surface area contributed by atoms with Crippen LogP contribution in [0.5, 0.6) is 17.2 Å². The number of aromatic hydroxyl groups is 1. The van der Waals surface area contributed by atoms with Crippen LogP contribution in [0, 0.1) is 0 Å². The van der Waals surface area contributed by atoms with E-state index >= 15 is 0 Å². The molecule has 1 aromatic carbocycles. The lowest BCUT2D eigenvalue weighted by molar-refractivity contribution is 0.170. The molecule has 3 rings (SSSR count). The van der Waals surface area contributed by atoms with E-state index in [4.69, 9.17) is 9.47 Å². The van der Waals surface area contributed by atoms with Gasteiger partial charge in [-0.2, -0.15) is 0 Å². The molecule has 28 heavy (non-hydrogen) atoms. The van der Waals surface area contributed by atoms with Crippen molar-refractivity contribution < 1.29 is 14.6 Å². The summed E-state index contributed by atoms with van der Waals surface area (Å²) in [6.07, 6.45) is 1.99. The lowest BCUT2D eigenvalue weighted by Crippen LogP contribution is -2.60. The van der Waals surface area contributed by atoms with Crippen molar-refractivity contribution in [1.82, 2.24) is 15.5 Å². The summed E-state index contributed by atoms with van der Waals surface area (Å²) in [7, 11) is 3.08. The molecule has 0 aliphatic carbocycles. The maximum atomic E-state index is 10.3. The molecule has 1 aromatic heterocycles. The zero-order valence-corrected chi connectivity index (χ0v) is 17.5. The van der Waals surface area contributed by atoms with Crippen LogP contribution in [-0.2, 0) is 0 Å². The van der Waals surface area contributed by atoms with Crippen molar-refractivity contribution >= 4 is 5.82 Å². The third-order valence-electron chi connectivity index (χ3n) is 4.98. The molecule has 0 unspecified atom stereocenters. The molecule has 0 amide bonds. The fourth-order valence-electron chi connectivity index (χ4n) is 4.26. The van der Waals surface area contributed by atoms with Crippen molar-refractivity contribution in [3.8, 4) is 28.5 Å². The van der Waals surface area contributed by atoms with Gasteiger partial charge >= 0.3 is 0 Å². The second-order valence-corrected chi connectivity index (χ2v) is 8.67. The Hall–Kier alpha value is -2.54. The Balaban J connectivity index is 1.79. The summed E-state index contributed by atoms with van der Waals surface area (Å²) in [6, 6.07) is 7.25. The standard InChI is InChI=1S/C21H30N4O3/c1-20(2)11-13(12-21(3,4)25-20)22-19-8-7-15(23-24-19)14-9-17(27-5)18(28-6)10-16(14)26/h7-10,13,25-26H,11-12H2,1-6H3,(H,22,24). The molecule has 1 aliphatic heterocycles. The maximum Gasteiger partial charge on any atom is 0.164 e. The van der Waals surface area contributed by atoms with E-state index in [1.165, 1.54) is 13.2 Å². The van der Waals surface area contributed by atoms with Crippen LogP contribution < -0.4 is 20.1 Å². The normalized spacial score (nSPS) is 18.5. The van der Waals surface area contributed by atoms with E-state index in [0.717, 1.165) is 18.7 Å². The molecule has 0 spiro atoms.